The number of rotatable bonds is 5. The summed E-state index contributed by atoms with van der Waals surface area (Å²) in [5, 5.41) is 9.53. The predicted octanol–water partition coefficient (Wildman–Crippen LogP) is -0.150. The van der Waals surface area contributed by atoms with E-state index in [1.165, 1.54) is 6.21 Å². The molecule has 0 saturated carbocycles. The molecule has 1 aromatic heterocycles. The molecular weight excluding hydrogens is 286 g/mol. The van der Waals surface area contributed by atoms with Crippen LogP contribution in [-0.2, 0) is 11.2 Å². The number of H-pyrrole nitrogens is 2. The Balaban J connectivity index is 1.84. The first-order valence-corrected chi connectivity index (χ1v) is 6.61. The van der Waals surface area contributed by atoms with E-state index in [9.17, 15) is 14.4 Å². The molecule has 0 aliphatic heterocycles. The summed E-state index contributed by atoms with van der Waals surface area (Å²) in [7, 11) is 0. The number of nitrogens with zero attached hydrogens (tertiary/aromatic N) is 2. The Kier molecular flexibility index (Phi) is 4.97. The SMILES string of the molecule is Cc1ccc(/C=N/NC(=O)CCc2n[nH]c(=O)[nH]c2=O)cc1. The van der Waals surface area contributed by atoms with Gasteiger partial charge in [-0.25, -0.2) is 15.3 Å². The molecule has 1 aromatic carbocycles. The van der Waals surface area contributed by atoms with Crippen LogP contribution in [0.25, 0.3) is 0 Å². The van der Waals surface area contributed by atoms with Crippen molar-refractivity contribution in [1.82, 2.24) is 20.6 Å². The van der Waals surface area contributed by atoms with Crippen LogP contribution >= 0.6 is 0 Å². The molecule has 0 spiro atoms. The highest BCUT2D eigenvalue weighted by Crippen LogP contribution is 1.99. The average molecular weight is 301 g/mol. The summed E-state index contributed by atoms with van der Waals surface area (Å²) in [5.41, 5.74) is 3.19. The van der Waals surface area contributed by atoms with E-state index in [0.717, 1.165) is 11.1 Å². The molecule has 0 saturated heterocycles. The Morgan fingerprint density at radius 1 is 1.32 bits per heavy atom. The van der Waals surface area contributed by atoms with Gasteiger partial charge in [-0.1, -0.05) is 29.8 Å². The number of nitrogens with one attached hydrogen (secondary N) is 3. The van der Waals surface area contributed by atoms with Gasteiger partial charge in [-0.3, -0.25) is 14.6 Å². The number of aryl methyl sites for hydroxylation is 2. The molecule has 8 heteroatoms. The zero-order chi connectivity index (χ0) is 15.9. The van der Waals surface area contributed by atoms with Gasteiger partial charge in [0, 0.05) is 12.8 Å². The second kappa shape index (κ2) is 7.11. The van der Waals surface area contributed by atoms with Crippen molar-refractivity contribution in [3.05, 3.63) is 61.9 Å². The van der Waals surface area contributed by atoms with E-state index in [4.69, 9.17) is 0 Å². The van der Waals surface area contributed by atoms with E-state index in [-0.39, 0.29) is 24.4 Å². The van der Waals surface area contributed by atoms with E-state index in [0.29, 0.717) is 0 Å². The average Bonchev–Trinajstić information content (AvgIpc) is 2.48. The van der Waals surface area contributed by atoms with Gasteiger partial charge >= 0.3 is 5.69 Å². The van der Waals surface area contributed by atoms with E-state index < -0.39 is 11.2 Å². The van der Waals surface area contributed by atoms with Gasteiger partial charge in [0.25, 0.3) is 5.56 Å². The van der Waals surface area contributed by atoms with E-state index in [1.54, 1.807) is 0 Å². The molecule has 0 aliphatic carbocycles. The molecule has 3 N–H and O–H groups in total. The molecule has 1 amide bonds. The third kappa shape index (κ3) is 4.51. The van der Waals surface area contributed by atoms with Gasteiger partial charge in [-0.15, -0.1) is 0 Å². The van der Waals surface area contributed by atoms with Crippen molar-refractivity contribution in [3.63, 3.8) is 0 Å². The summed E-state index contributed by atoms with van der Waals surface area (Å²) in [4.78, 5) is 35.8. The number of aromatic nitrogens is 3. The monoisotopic (exact) mass is 301 g/mol. The van der Waals surface area contributed by atoms with Gasteiger partial charge in [0.2, 0.25) is 5.91 Å². The lowest BCUT2D eigenvalue weighted by atomic mass is 10.2. The lowest BCUT2D eigenvalue weighted by Gasteiger charge is -1.99. The second-order valence-corrected chi connectivity index (χ2v) is 4.66. The van der Waals surface area contributed by atoms with E-state index in [1.807, 2.05) is 36.2 Å². The Labute approximate surface area is 125 Å². The van der Waals surface area contributed by atoms with Crippen molar-refractivity contribution < 1.29 is 4.79 Å². The Morgan fingerprint density at radius 2 is 2.05 bits per heavy atom. The largest absolute Gasteiger partial charge is 0.342 e. The van der Waals surface area contributed by atoms with Crippen molar-refractivity contribution in [2.75, 3.05) is 0 Å². The fraction of sp³-hybridized carbons (Fsp3) is 0.214. The molecule has 2 rings (SSSR count). The topological polar surface area (TPSA) is 120 Å². The predicted molar refractivity (Wildman–Crippen MR) is 80.7 cm³/mol. The normalized spacial score (nSPS) is 10.8. The fourth-order valence-electron chi connectivity index (χ4n) is 1.66. The summed E-state index contributed by atoms with van der Waals surface area (Å²) in [5.74, 6) is -0.351. The molecule has 0 radical (unpaired) electrons. The Bertz CT molecular complexity index is 789. The van der Waals surface area contributed by atoms with Crippen LogP contribution in [0.15, 0.2) is 39.0 Å². The quantitative estimate of drug-likeness (QED) is 0.525. The standard InChI is InChI=1S/C14H15N5O3/c1-9-2-4-10(5-3-9)8-15-18-12(20)7-6-11-13(21)16-14(22)19-17-11/h2-5,8H,6-7H2,1H3,(H,18,20)(H2,16,19,21,22)/b15-8+. The Morgan fingerprint density at radius 3 is 2.73 bits per heavy atom. The molecule has 8 nitrogen and oxygen atoms in total. The number of carbonyl (C=O) groups excluding carboxylic acids is 1. The van der Waals surface area contributed by atoms with Gasteiger partial charge in [0.15, 0.2) is 0 Å². The van der Waals surface area contributed by atoms with Crippen LogP contribution < -0.4 is 16.7 Å². The first-order valence-electron chi connectivity index (χ1n) is 6.61. The number of hydrogen-bond donors (Lipinski definition) is 3. The van der Waals surface area contributed by atoms with Crippen LogP contribution in [0.1, 0.15) is 23.2 Å². The zero-order valence-electron chi connectivity index (χ0n) is 11.9. The van der Waals surface area contributed by atoms with Gasteiger partial charge < -0.3 is 0 Å². The molecule has 1 heterocycles. The highest BCUT2D eigenvalue weighted by molar-refractivity contribution is 5.82. The van der Waals surface area contributed by atoms with Crippen LogP contribution in [0.3, 0.4) is 0 Å². The maximum Gasteiger partial charge on any atom is 0.342 e. The molecular formula is C14H15N5O3. The molecule has 0 aliphatic rings. The highest BCUT2D eigenvalue weighted by atomic mass is 16.2. The maximum absolute atomic E-state index is 11.6. The van der Waals surface area contributed by atoms with Gasteiger partial charge in [0.05, 0.1) is 6.21 Å². The van der Waals surface area contributed by atoms with Crippen LogP contribution in [0, 0.1) is 6.92 Å². The van der Waals surface area contributed by atoms with Crippen LogP contribution in [0.2, 0.25) is 0 Å². The van der Waals surface area contributed by atoms with Crippen LogP contribution in [0.5, 0.6) is 0 Å². The number of benzene rings is 1. The highest BCUT2D eigenvalue weighted by Gasteiger charge is 2.06. The molecule has 0 unspecified atom stereocenters. The van der Waals surface area contributed by atoms with Crippen LogP contribution in [-0.4, -0.2) is 27.3 Å². The summed E-state index contributed by atoms with van der Waals surface area (Å²) >= 11 is 0. The first kappa shape index (κ1) is 15.4. The summed E-state index contributed by atoms with van der Waals surface area (Å²) in [6.45, 7) is 1.98. The number of hydrazone groups is 1. The minimum absolute atomic E-state index is 0.0351. The molecule has 2 aromatic rings. The van der Waals surface area contributed by atoms with Crippen molar-refractivity contribution in [1.29, 1.82) is 0 Å². The molecule has 0 bridgehead atoms. The Hall–Kier alpha value is -3.03. The van der Waals surface area contributed by atoms with Crippen LogP contribution in [0.4, 0.5) is 0 Å². The van der Waals surface area contributed by atoms with Crippen molar-refractivity contribution in [2.24, 2.45) is 5.10 Å². The minimum Gasteiger partial charge on any atom is -0.273 e. The van der Waals surface area contributed by atoms with E-state index in [2.05, 4.69) is 20.7 Å². The summed E-state index contributed by atoms with van der Waals surface area (Å²) in [6.07, 6.45) is 1.67. The number of aromatic amines is 2. The molecule has 22 heavy (non-hydrogen) atoms. The maximum atomic E-state index is 11.6. The van der Waals surface area contributed by atoms with Gasteiger partial charge in [0.1, 0.15) is 5.69 Å². The molecule has 114 valence electrons. The fourth-order valence-corrected chi connectivity index (χ4v) is 1.66. The zero-order valence-corrected chi connectivity index (χ0v) is 11.9. The number of amides is 1. The first-order chi connectivity index (χ1) is 10.5. The number of hydrogen-bond acceptors (Lipinski definition) is 5. The van der Waals surface area contributed by atoms with Crippen molar-refractivity contribution >= 4 is 12.1 Å². The molecule has 0 fully saturated rings. The van der Waals surface area contributed by atoms with Crippen molar-refractivity contribution in [2.45, 2.75) is 19.8 Å². The smallest absolute Gasteiger partial charge is 0.273 e. The summed E-state index contributed by atoms with van der Waals surface area (Å²) < 4.78 is 0. The third-order valence-corrected chi connectivity index (χ3v) is 2.85. The lowest BCUT2D eigenvalue weighted by molar-refractivity contribution is -0.121. The minimum atomic E-state index is -0.680. The lowest BCUT2D eigenvalue weighted by Crippen LogP contribution is -2.28. The number of carbonyl (C=O) groups is 1. The van der Waals surface area contributed by atoms with Gasteiger partial charge in [-0.2, -0.15) is 10.2 Å². The second-order valence-electron chi connectivity index (χ2n) is 4.66. The van der Waals surface area contributed by atoms with Crippen molar-refractivity contribution in [3.8, 4) is 0 Å². The summed E-state index contributed by atoms with van der Waals surface area (Å²) in [6, 6.07) is 7.65. The van der Waals surface area contributed by atoms with E-state index >= 15 is 0 Å². The van der Waals surface area contributed by atoms with Gasteiger partial charge in [-0.05, 0) is 12.5 Å². The molecule has 0 atom stereocenters. The third-order valence-electron chi connectivity index (χ3n) is 2.85.